The van der Waals surface area contributed by atoms with E-state index >= 15 is 0 Å². The highest BCUT2D eigenvalue weighted by Gasteiger charge is 2.09. The maximum absolute atomic E-state index is 12.3. The molecule has 7 heteroatoms. The molecule has 0 aliphatic carbocycles. The summed E-state index contributed by atoms with van der Waals surface area (Å²) in [5.41, 5.74) is 3.62. The average Bonchev–Trinajstić information content (AvgIpc) is 2.77. The number of aromatic nitrogens is 2. The molecule has 0 aliphatic heterocycles. The Hall–Kier alpha value is -3.61. The lowest BCUT2D eigenvalue weighted by Crippen LogP contribution is -2.23. The van der Waals surface area contributed by atoms with Gasteiger partial charge in [-0.15, -0.1) is 0 Å². The van der Waals surface area contributed by atoms with Crippen LogP contribution in [0, 0.1) is 6.92 Å². The first-order chi connectivity index (χ1) is 14.1. The Morgan fingerprint density at radius 2 is 1.69 bits per heavy atom. The third-order valence-corrected chi connectivity index (χ3v) is 4.51. The number of hydrogen-bond acceptors (Lipinski definition) is 6. The van der Waals surface area contributed by atoms with Crippen LogP contribution in [0.4, 0.5) is 5.95 Å². The summed E-state index contributed by atoms with van der Waals surface area (Å²) in [7, 11) is 3.20. The van der Waals surface area contributed by atoms with E-state index in [1.807, 2.05) is 49.4 Å². The van der Waals surface area contributed by atoms with E-state index in [-0.39, 0.29) is 5.91 Å². The van der Waals surface area contributed by atoms with Crippen molar-refractivity contribution in [1.29, 1.82) is 0 Å². The Morgan fingerprint density at radius 3 is 2.38 bits per heavy atom. The number of benzene rings is 2. The number of methoxy groups -OCH3 is 2. The molecule has 2 N–H and O–H groups in total. The highest BCUT2D eigenvalue weighted by molar-refractivity contribution is 5.93. The van der Waals surface area contributed by atoms with Crippen molar-refractivity contribution in [3.05, 3.63) is 77.1 Å². The standard InChI is InChI=1S/C22H24N4O3/c1-15-6-4-5-7-17(15)12-23-21(27)18-13-25-22(26-14-18)24-11-16-8-9-19(28-2)20(10-16)29-3/h4-10,13-14H,11-12H2,1-3H3,(H,23,27)(H,24,25,26). The monoisotopic (exact) mass is 392 g/mol. The van der Waals surface area contributed by atoms with Gasteiger partial charge in [0.1, 0.15) is 0 Å². The summed E-state index contributed by atoms with van der Waals surface area (Å²) in [4.78, 5) is 20.8. The highest BCUT2D eigenvalue weighted by atomic mass is 16.5. The first-order valence-corrected chi connectivity index (χ1v) is 9.20. The van der Waals surface area contributed by atoms with Crippen molar-refractivity contribution < 1.29 is 14.3 Å². The van der Waals surface area contributed by atoms with Gasteiger partial charge >= 0.3 is 0 Å². The van der Waals surface area contributed by atoms with E-state index in [9.17, 15) is 4.79 Å². The molecule has 0 spiro atoms. The summed E-state index contributed by atoms with van der Waals surface area (Å²) in [5, 5.41) is 6.02. The Kier molecular flexibility index (Phi) is 6.63. The van der Waals surface area contributed by atoms with Crippen molar-refractivity contribution >= 4 is 11.9 Å². The van der Waals surface area contributed by atoms with E-state index in [1.165, 1.54) is 12.4 Å². The Labute approximate surface area is 170 Å². The predicted octanol–water partition coefficient (Wildman–Crippen LogP) is 3.34. The van der Waals surface area contributed by atoms with Crippen LogP contribution in [0.3, 0.4) is 0 Å². The second-order valence-electron chi connectivity index (χ2n) is 6.45. The first-order valence-electron chi connectivity index (χ1n) is 9.20. The summed E-state index contributed by atoms with van der Waals surface area (Å²) in [5.74, 6) is 1.57. The largest absolute Gasteiger partial charge is 0.493 e. The molecule has 0 fully saturated rings. The fourth-order valence-corrected chi connectivity index (χ4v) is 2.79. The lowest BCUT2D eigenvalue weighted by atomic mass is 10.1. The third kappa shape index (κ3) is 5.22. The summed E-state index contributed by atoms with van der Waals surface area (Å²) >= 11 is 0. The van der Waals surface area contributed by atoms with Gasteiger partial charge in [0.05, 0.1) is 19.8 Å². The number of nitrogens with zero attached hydrogens (tertiary/aromatic N) is 2. The number of hydrogen-bond donors (Lipinski definition) is 2. The van der Waals surface area contributed by atoms with Crippen molar-refractivity contribution in [1.82, 2.24) is 15.3 Å². The molecule has 2 aromatic carbocycles. The molecule has 29 heavy (non-hydrogen) atoms. The van der Waals surface area contributed by atoms with Crippen LogP contribution in [0.25, 0.3) is 0 Å². The SMILES string of the molecule is COc1ccc(CNc2ncc(C(=O)NCc3ccccc3C)cn2)cc1OC. The number of rotatable bonds is 8. The summed E-state index contributed by atoms with van der Waals surface area (Å²) in [6, 6.07) is 13.6. The fraction of sp³-hybridized carbons (Fsp3) is 0.227. The molecule has 0 saturated carbocycles. The Morgan fingerprint density at radius 1 is 0.966 bits per heavy atom. The average molecular weight is 392 g/mol. The molecule has 7 nitrogen and oxygen atoms in total. The normalized spacial score (nSPS) is 10.3. The molecule has 0 radical (unpaired) electrons. The van der Waals surface area contributed by atoms with Crippen molar-refractivity contribution in [2.75, 3.05) is 19.5 Å². The van der Waals surface area contributed by atoms with Gasteiger partial charge in [0.2, 0.25) is 5.95 Å². The fourth-order valence-electron chi connectivity index (χ4n) is 2.79. The van der Waals surface area contributed by atoms with E-state index in [4.69, 9.17) is 9.47 Å². The number of carbonyl (C=O) groups excluding carboxylic acids is 1. The molecular formula is C22H24N4O3. The zero-order chi connectivity index (χ0) is 20.6. The predicted molar refractivity (Wildman–Crippen MR) is 111 cm³/mol. The van der Waals surface area contributed by atoms with Gasteiger partial charge in [-0.05, 0) is 35.7 Å². The van der Waals surface area contributed by atoms with E-state index in [0.29, 0.717) is 36.1 Å². The molecule has 3 aromatic rings. The van der Waals surface area contributed by atoms with Crippen LogP contribution in [-0.4, -0.2) is 30.1 Å². The number of carbonyl (C=O) groups is 1. The maximum Gasteiger partial charge on any atom is 0.254 e. The third-order valence-electron chi connectivity index (χ3n) is 4.51. The van der Waals surface area contributed by atoms with Crippen LogP contribution in [0.2, 0.25) is 0 Å². The van der Waals surface area contributed by atoms with Gasteiger partial charge in [-0.1, -0.05) is 30.3 Å². The van der Waals surface area contributed by atoms with Gasteiger partial charge in [0.25, 0.3) is 5.91 Å². The van der Waals surface area contributed by atoms with Crippen LogP contribution >= 0.6 is 0 Å². The van der Waals surface area contributed by atoms with Crippen LogP contribution in [-0.2, 0) is 13.1 Å². The van der Waals surface area contributed by atoms with Gasteiger partial charge in [-0.3, -0.25) is 4.79 Å². The molecule has 0 aliphatic rings. The summed E-state index contributed by atoms with van der Waals surface area (Å²) < 4.78 is 10.5. The van der Waals surface area contributed by atoms with Crippen molar-refractivity contribution in [3.8, 4) is 11.5 Å². The van der Waals surface area contributed by atoms with Gasteiger partial charge in [0, 0.05) is 25.5 Å². The zero-order valence-electron chi connectivity index (χ0n) is 16.7. The molecule has 1 heterocycles. The molecule has 1 aromatic heterocycles. The van der Waals surface area contributed by atoms with Crippen molar-refractivity contribution in [2.24, 2.45) is 0 Å². The molecule has 3 rings (SSSR count). The molecule has 0 saturated heterocycles. The summed E-state index contributed by atoms with van der Waals surface area (Å²) in [6.07, 6.45) is 3.02. The van der Waals surface area contributed by atoms with E-state index in [0.717, 1.165) is 16.7 Å². The Bertz CT molecular complexity index is 974. The van der Waals surface area contributed by atoms with Gasteiger partial charge < -0.3 is 20.1 Å². The smallest absolute Gasteiger partial charge is 0.254 e. The minimum atomic E-state index is -0.209. The molecule has 1 amide bonds. The number of amides is 1. The van der Waals surface area contributed by atoms with Gasteiger partial charge in [-0.2, -0.15) is 0 Å². The van der Waals surface area contributed by atoms with Crippen LogP contribution in [0.15, 0.2) is 54.9 Å². The van der Waals surface area contributed by atoms with Crippen LogP contribution in [0.5, 0.6) is 11.5 Å². The number of aryl methyl sites for hydroxylation is 1. The molecule has 150 valence electrons. The number of ether oxygens (including phenoxy) is 2. The molecular weight excluding hydrogens is 368 g/mol. The number of nitrogens with one attached hydrogen (secondary N) is 2. The second kappa shape index (κ2) is 9.54. The highest BCUT2D eigenvalue weighted by Crippen LogP contribution is 2.27. The zero-order valence-corrected chi connectivity index (χ0v) is 16.7. The lowest BCUT2D eigenvalue weighted by Gasteiger charge is -2.10. The quantitative estimate of drug-likeness (QED) is 0.612. The minimum absolute atomic E-state index is 0.209. The lowest BCUT2D eigenvalue weighted by molar-refractivity contribution is 0.0950. The van der Waals surface area contributed by atoms with E-state index in [2.05, 4.69) is 20.6 Å². The molecule has 0 atom stereocenters. The van der Waals surface area contributed by atoms with Gasteiger partial charge in [-0.25, -0.2) is 9.97 Å². The van der Waals surface area contributed by atoms with Crippen molar-refractivity contribution in [2.45, 2.75) is 20.0 Å². The first kappa shape index (κ1) is 20.1. The number of anilines is 1. The van der Waals surface area contributed by atoms with Gasteiger partial charge in [0.15, 0.2) is 11.5 Å². The maximum atomic E-state index is 12.3. The second-order valence-corrected chi connectivity index (χ2v) is 6.45. The molecule has 0 unspecified atom stereocenters. The summed E-state index contributed by atoms with van der Waals surface area (Å²) in [6.45, 7) is 2.99. The Balaban J connectivity index is 1.56. The van der Waals surface area contributed by atoms with Crippen molar-refractivity contribution in [3.63, 3.8) is 0 Å². The van der Waals surface area contributed by atoms with E-state index < -0.39 is 0 Å². The van der Waals surface area contributed by atoms with Crippen LogP contribution < -0.4 is 20.1 Å². The molecule has 0 bridgehead atoms. The minimum Gasteiger partial charge on any atom is -0.493 e. The topological polar surface area (TPSA) is 85.4 Å². The van der Waals surface area contributed by atoms with E-state index in [1.54, 1.807) is 14.2 Å². The van der Waals surface area contributed by atoms with Crippen LogP contribution in [0.1, 0.15) is 27.0 Å².